The molecule has 0 aliphatic heterocycles. The zero-order valence-corrected chi connectivity index (χ0v) is 29.7. The molecule has 0 saturated heterocycles. The Hall–Kier alpha value is -4.41. The molecule has 0 saturated carbocycles. The quantitative estimate of drug-likeness (QED) is 0.121. The zero-order chi connectivity index (χ0) is 33.1. The first-order chi connectivity index (χ1) is 22.6. The molecule has 1 aromatic heterocycles. The van der Waals surface area contributed by atoms with Gasteiger partial charge in [0.25, 0.3) is 0 Å². The van der Waals surface area contributed by atoms with Crippen LogP contribution in [0, 0.1) is 0 Å². The lowest BCUT2D eigenvalue weighted by molar-refractivity contribution is 0.590. The predicted octanol–water partition coefficient (Wildman–Crippen LogP) is 7.31. The molecule has 0 atom stereocenters. The lowest BCUT2D eigenvalue weighted by Crippen LogP contribution is -2.70. The lowest BCUT2D eigenvalue weighted by Gasteiger charge is -2.36. The summed E-state index contributed by atoms with van der Waals surface area (Å²) in [6.07, 6.45) is 4.98. The first-order valence-electron chi connectivity index (χ1n) is 16.8. The molecule has 1 radical (unpaired) electrons. The van der Waals surface area contributed by atoms with Gasteiger partial charge in [0, 0.05) is 18.6 Å². The number of nitrogens with zero attached hydrogens (tertiary/aromatic N) is 2. The average Bonchev–Trinajstić information content (AvgIpc) is 3.53. The van der Waals surface area contributed by atoms with E-state index in [1.807, 2.05) is 6.20 Å². The Morgan fingerprint density at radius 3 is 1.38 bits per heavy atom. The molecule has 0 bridgehead atoms. The Balaban J connectivity index is 1.52. The maximum atomic E-state index is 4.99. The van der Waals surface area contributed by atoms with Crippen molar-refractivity contribution in [2.24, 2.45) is 0 Å². The van der Waals surface area contributed by atoms with Crippen molar-refractivity contribution in [1.29, 1.82) is 0 Å². The summed E-state index contributed by atoms with van der Waals surface area (Å²) >= 11 is 0. The summed E-state index contributed by atoms with van der Waals surface area (Å²) in [6, 6.07) is 51.8. The van der Waals surface area contributed by atoms with Gasteiger partial charge in [0.1, 0.15) is 0 Å². The van der Waals surface area contributed by atoms with Gasteiger partial charge in [0.05, 0.1) is 5.72 Å². The summed E-state index contributed by atoms with van der Waals surface area (Å²) in [5.74, 6) is 0.0866. The fraction of sp³-hybridized carbons (Fsp3) is 0.233. The molecule has 47 heavy (non-hydrogen) atoms. The van der Waals surface area contributed by atoms with Crippen LogP contribution >= 0.6 is 0 Å². The molecule has 6 rings (SSSR count). The van der Waals surface area contributed by atoms with E-state index in [2.05, 4.69) is 199 Å². The third kappa shape index (κ3) is 6.99. The molecule has 2 nitrogen and oxygen atoms in total. The smallest absolute Gasteiger partial charge is 0.215 e. The monoisotopic (exact) mass is 629 g/mol. The van der Waals surface area contributed by atoms with Crippen molar-refractivity contribution in [3.05, 3.63) is 174 Å². The van der Waals surface area contributed by atoms with Crippen molar-refractivity contribution >= 4 is 36.6 Å². The highest BCUT2D eigenvalue weighted by atomic mass is 28.3. The maximum Gasteiger partial charge on any atom is 0.215 e. The Bertz CT molecular complexity index is 1770. The Kier molecular flexibility index (Phi) is 9.25. The molecule has 0 aliphatic carbocycles. The average molecular weight is 630 g/mol. The standard InChI is InChI=1S/C43H46BN2Si/c1-42(2,3)35-22-26-38(27-23-35)47(37-20-14-9-15-21-37,39-28-24-36(25-29-39)43(4,5)6)32-46-31-30-45-41(46)44-40(33-16-10-7-11-17-33)34-18-12-8-13-19-34/h7-31,40H,32H2,1-6H3. The lowest BCUT2D eigenvalue weighted by atomic mass is 9.58. The summed E-state index contributed by atoms with van der Waals surface area (Å²) < 4.78 is 2.41. The van der Waals surface area contributed by atoms with Crippen LogP contribution in [0.2, 0.25) is 0 Å². The van der Waals surface area contributed by atoms with Crippen LogP contribution in [0.1, 0.15) is 69.6 Å². The van der Waals surface area contributed by atoms with E-state index in [0.717, 1.165) is 11.9 Å². The minimum absolute atomic E-state index is 0.0835. The third-order valence-electron chi connectivity index (χ3n) is 9.54. The molecular formula is C43H46BN2Si. The number of rotatable bonds is 9. The van der Waals surface area contributed by atoms with Gasteiger partial charge in [-0.2, -0.15) is 0 Å². The molecule has 5 aromatic carbocycles. The second-order valence-electron chi connectivity index (χ2n) is 14.8. The number of hydrogen-bond acceptors (Lipinski definition) is 1. The largest absolute Gasteiger partial charge is 0.345 e. The van der Waals surface area contributed by atoms with Crippen LogP contribution in [0.25, 0.3) is 0 Å². The maximum absolute atomic E-state index is 4.99. The highest BCUT2D eigenvalue weighted by Crippen LogP contribution is 2.25. The van der Waals surface area contributed by atoms with Crippen LogP contribution < -0.4 is 21.3 Å². The van der Waals surface area contributed by atoms with Gasteiger partial charge in [0.2, 0.25) is 7.28 Å². The van der Waals surface area contributed by atoms with Gasteiger partial charge < -0.3 is 4.57 Å². The van der Waals surface area contributed by atoms with E-state index in [1.165, 1.54) is 37.8 Å². The summed E-state index contributed by atoms with van der Waals surface area (Å²) in [6.45, 7) is 13.7. The number of hydrogen-bond donors (Lipinski definition) is 0. The fourth-order valence-electron chi connectivity index (χ4n) is 6.73. The first-order valence-corrected chi connectivity index (χ1v) is 19.0. The molecule has 0 amide bonds. The molecule has 0 fully saturated rings. The van der Waals surface area contributed by atoms with Crippen LogP contribution in [0.4, 0.5) is 0 Å². The van der Waals surface area contributed by atoms with Crippen molar-refractivity contribution in [3.8, 4) is 0 Å². The molecule has 1 heterocycles. The van der Waals surface area contributed by atoms with Crippen LogP contribution in [-0.2, 0) is 17.0 Å². The van der Waals surface area contributed by atoms with Crippen molar-refractivity contribution in [2.45, 2.75) is 64.4 Å². The molecule has 0 N–H and O–H groups in total. The van der Waals surface area contributed by atoms with E-state index >= 15 is 0 Å². The van der Waals surface area contributed by atoms with E-state index < -0.39 is 8.07 Å². The minimum Gasteiger partial charge on any atom is -0.345 e. The Labute approximate surface area is 283 Å². The highest BCUT2D eigenvalue weighted by molar-refractivity contribution is 7.10. The van der Waals surface area contributed by atoms with Crippen molar-refractivity contribution < 1.29 is 0 Å². The van der Waals surface area contributed by atoms with Gasteiger partial charge in [-0.25, -0.2) is 0 Å². The highest BCUT2D eigenvalue weighted by Gasteiger charge is 2.41. The molecule has 0 aliphatic rings. The van der Waals surface area contributed by atoms with E-state index in [0.29, 0.717) is 0 Å². The summed E-state index contributed by atoms with van der Waals surface area (Å²) in [5.41, 5.74) is 6.38. The summed E-state index contributed by atoms with van der Waals surface area (Å²) in [7, 11) is -0.283. The van der Waals surface area contributed by atoms with Crippen LogP contribution in [-0.4, -0.2) is 24.9 Å². The van der Waals surface area contributed by atoms with Crippen LogP contribution in [0.5, 0.6) is 0 Å². The number of imidazole rings is 1. The molecule has 6 aromatic rings. The van der Waals surface area contributed by atoms with Gasteiger partial charge >= 0.3 is 0 Å². The van der Waals surface area contributed by atoms with Gasteiger partial charge in [0.15, 0.2) is 8.07 Å². The van der Waals surface area contributed by atoms with Crippen molar-refractivity contribution in [2.75, 3.05) is 0 Å². The molecule has 0 unspecified atom stereocenters. The van der Waals surface area contributed by atoms with Crippen molar-refractivity contribution in [3.63, 3.8) is 0 Å². The summed E-state index contributed by atoms with van der Waals surface area (Å²) in [5, 5.41) is 4.21. The topological polar surface area (TPSA) is 17.8 Å². The van der Waals surface area contributed by atoms with Gasteiger partial charge in [-0.1, -0.05) is 181 Å². The Morgan fingerprint density at radius 1 is 0.553 bits per heavy atom. The van der Waals surface area contributed by atoms with E-state index in [1.54, 1.807) is 0 Å². The van der Waals surface area contributed by atoms with Gasteiger partial charge in [-0.15, -0.1) is 0 Å². The molecule has 0 spiro atoms. The van der Waals surface area contributed by atoms with Crippen LogP contribution in [0.15, 0.2) is 152 Å². The normalized spacial score (nSPS) is 12.3. The molecule has 235 valence electrons. The predicted molar refractivity (Wildman–Crippen MR) is 204 cm³/mol. The number of aromatic nitrogens is 2. The fourth-order valence-corrected chi connectivity index (χ4v) is 11.3. The number of benzene rings is 5. The first kappa shape index (κ1) is 32.5. The van der Waals surface area contributed by atoms with E-state index in [9.17, 15) is 0 Å². The SMILES string of the molecule is CC(C)(C)c1ccc([Si](Cn2ccnc2[B]C(c2ccccc2)c2ccccc2)(c2ccccc2)c2ccc(C(C)(C)C)cc2)cc1. The van der Waals surface area contributed by atoms with E-state index in [4.69, 9.17) is 4.98 Å². The second kappa shape index (κ2) is 13.4. The van der Waals surface area contributed by atoms with E-state index in [-0.39, 0.29) is 16.6 Å². The Morgan fingerprint density at radius 2 is 0.957 bits per heavy atom. The van der Waals surface area contributed by atoms with Gasteiger partial charge in [-0.3, -0.25) is 4.98 Å². The second-order valence-corrected chi connectivity index (χ2v) is 18.7. The molecule has 4 heteroatoms. The summed E-state index contributed by atoms with van der Waals surface area (Å²) in [4.78, 5) is 4.99. The van der Waals surface area contributed by atoms with Gasteiger partial charge in [-0.05, 0) is 54.5 Å². The molecular weight excluding hydrogens is 583 g/mol. The van der Waals surface area contributed by atoms with Crippen LogP contribution in [0.3, 0.4) is 0 Å². The third-order valence-corrected chi connectivity index (χ3v) is 14.3. The van der Waals surface area contributed by atoms with Crippen molar-refractivity contribution in [1.82, 2.24) is 9.55 Å². The minimum atomic E-state index is -2.63. The zero-order valence-electron chi connectivity index (χ0n) is 28.7.